The number of rotatable bonds is 7. The molecule has 4 nitrogen and oxygen atoms in total. The maximum atomic E-state index is 12.3. The predicted molar refractivity (Wildman–Crippen MR) is 87.4 cm³/mol. The molecule has 1 aliphatic carbocycles. The van der Waals surface area contributed by atoms with E-state index in [1.54, 1.807) is 0 Å². The Morgan fingerprint density at radius 1 is 1.23 bits per heavy atom. The maximum absolute atomic E-state index is 12.3. The second kappa shape index (κ2) is 7.97. The zero-order chi connectivity index (χ0) is 15.9. The zero-order valence-corrected chi connectivity index (χ0v) is 13.6. The van der Waals surface area contributed by atoms with E-state index in [4.69, 9.17) is 0 Å². The molecule has 4 heteroatoms. The van der Waals surface area contributed by atoms with Crippen LogP contribution in [-0.2, 0) is 16.0 Å². The molecule has 2 amide bonds. The summed E-state index contributed by atoms with van der Waals surface area (Å²) in [5, 5.41) is 2.78. The van der Waals surface area contributed by atoms with Gasteiger partial charge in [0.1, 0.15) is 0 Å². The Morgan fingerprint density at radius 3 is 2.77 bits per heavy atom. The Kier molecular flexibility index (Phi) is 5.99. The Morgan fingerprint density at radius 2 is 2.00 bits per heavy atom. The molecule has 0 bridgehead atoms. The Labute approximate surface area is 132 Å². The first-order valence-corrected chi connectivity index (χ1v) is 8.17. The number of hydrogen-bond donors (Lipinski definition) is 1. The lowest BCUT2D eigenvalue weighted by atomic mass is 10.1. The van der Waals surface area contributed by atoms with Crippen LogP contribution in [-0.4, -0.2) is 30.3 Å². The number of hydrogen-bond acceptors (Lipinski definition) is 2. The van der Waals surface area contributed by atoms with Gasteiger partial charge < -0.3 is 10.2 Å². The van der Waals surface area contributed by atoms with E-state index in [1.807, 2.05) is 11.9 Å². The molecule has 120 valence electrons. The van der Waals surface area contributed by atoms with E-state index < -0.39 is 0 Å². The van der Waals surface area contributed by atoms with Gasteiger partial charge in [0.15, 0.2) is 0 Å². The highest BCUT2D eigenvalue weighted by Gasteiger charge is 2.27. The van der Waals surface area contributed by atoms with Crippen molar-refractivity contribution >= 4 is 11.8 Å². The van der Waals surface area contributed by atoms with E-state index in [0.717, 1.165) is 32.1 Å². The van der Waals surface area contributed by atoms with Gasteiger partial charge in [0.05, 0.1) is 6.04 Å². The van der Waals surface area contributed by atoms with Gasteiger partial charge in [-0.15, -0.1) is 0 Å². The second-order valence-corrected chi connectivity index (χ2v) is 6.05. The number of fused-ring (bicyclic) bond motifs is 1. The molecule has 0 fully saturated rings. The molecule has 2 rings (SSSR count). The normalized spacial score (nSPS) is 16.2. The van der Waals surface area contributed by atoms with Gasteiger partial charge in [0, 0.05) is 26.9 Å². The lowest BCUT2D eigenvalue weighted by molar-refractivity contribution is -0.132. The minimum Gasteiger partial charge on any atom is -0.356 e. The third-order valence-electron chi connectivity index (χ3n) is 4.40. The van der Waals surface area contributed by atoms with Crippen LogP contribution in [0.15, 0.2) is 24.3 Å². The van der Waals surface area contributed by atoms with Crippen molar-refractivity contribution in [1.29, 1.82) is 0 Å². The fraction of sp³-hybridized carbons (Fsp3) is 0.556. The van der Waals surface area contributed by atoms with Crippen LogP contribution < -0.4 is 5.32 Å². The molecule has 0 saturated heterocycles. The van der Waals surface area contributed by atoms with Crippen LogP contribution in [0.25, 0.3) is 0 Å². The van der Waals surface area contributed by atoms with Gasteiger partial charge in [-0.2, -0.15) is 0 Å². The van der Waals surface area contributed by atoms with Crippen LogP contribution in [0.2, 0.25) is 0 Å². The summed E-state index contributed by atoms with van der Waals surface area (Å²) in [7, 11) is 1.92. The van der Waals surface area contributed by atoms with Gasteiger partial charge in [-0.1, -0.05) is 30.7 Å². The lowest BCUT2D eigenvalue weighted by Gasteiger charge is -2.25. The molecular weight excluding hydrogens is 276 g/mol. The molecule has 1 aromatic carbocycles. The maximum Gasteiger partial charge on any atom is 0.222 e. The average Bonchev–Trinajstić information content (AvgIpc) is 2.93. The number of amides is 2. The number of nitrogens with one attached hydrogen (secondary N) is 1. The van der Waals surface area contributed by atoms with E-state index in [0.29, 0.717) is 13.0 Å². The molecule has 0 saturated carbocycles. The van der Waals surface area contributed by atoms with Crippen molar-refractivity contribution in [3.8, 4) is 0 Å². The highest BCUT2D eigenvalue weighted by molar-refractivity contribution is 5.76. The van der Waals surface area contributed by atoms with E-state index in [-0.39, 0.29) is 17.9 Å². The standard InChI is InChI=1S/C18H26N2O2/c1-14(21)19-13-7-3-4-10-18(22)20(2)17-12-11-15-8-5-6-9-16(15)17/h5-6,8-9,17H,3-4,7,10-13H2,1-2H3,(H,19,21). The first kappa shape index (κ1) is 16.5. The third kappa shape index (κ3) is 4.33. The quantitative estimate of drug-likeness (QED) is 0.787. The molecule has 0 heterocycles. The molecule has 0 spiro atoms. The first-order valence-electron chi connectivity index (χ1n) is 8.17. The molecule has 22 heavy (non-hydrogen) atoms. The van der Waals surface area contributed by atoms with Crippen LogP contribution in [0.3, 0.4) is 0 Å². The van der Waals surface area contributed by atoms with Gasteiger partial charge in [0.2, 0.25) is 11.8 Å². The molecule has 1 aliphatic rings. The number of carbonyl (C=O) groups excluding carboxylic acids is 2. The van der Waals surface area contributed by atoms with Gasteiger partial charge >= 0.3 is 0 Å². The summed E-state index contributed by atoms with van der Waals surface area (Å²) in [5.74, 6) is 0.233. The Bertz CT molecular complexity index is 528. The van der Waals surface area contributed by atoms with Crippen molar-refractivity contribution in [2.24, 2.45) is 0 Å². The SMILES string of the molecule is CC(=O)NCCCCCC(=O)N(C)C1CCc2ccccc21. The van der Waals surface area contributed by atoms with Crippen LogP contribution in [0.5, 0.6) is 0 Å². The number of nitrogens with zero attached hydrogens (tertiary/aromatic N) is 1. The van der Waals surface area contributed by atoms with Gasteiger partial charge in [-0.3, -0.25) is 9.59 Å². The van der Waals surface area contributed by atoms with Crippen molar-refractivity contribution in [2.75, 3.05) is 13.6 Å². The molecule has 0 radical (unpaired) electrons. The summed E-state index contributed by atoms with van der Waals surface area (Å²) in [6.45, 7) is 2.23. The fourth-order valence-electron chi connectivity index (χ4n) is 3.13. The third-order valence-corrected chi connectivity index (χ3v) is 4.40. The molecule has 1 N–H and O–H groups in total. The van der Waals surface area contributed by atoms with E-state index in [1.165, 1.54) is 18.1 Å². The molecular formula is C18H26N2O2. The zero-order valence-electron chi connectivity index (χ0n) is 13.6. The first-order chi connectivity index (χ1) is 10.6. The fourth-order valence-corrected chi connectivity index (χ4v) is 3.13. The van der Waals surface area contributed by atoms with E-state index in [2.05, 4.69) is 29.6 Å². The van der Waals surface area contributed by atoms with Crippen LogP contribution in [0.1, 0.15) is 56.2 Å². The molecule has 0 aromatic heterocycles. The minimum atomic E-state index is 0.00992. The van der Waals surface area contributed by atoms with Gasteiger partial charge in [-0.05, 0) is 36.8 Å². The summed E-state index contributed by atoms with van der Waals surface area (Å²) in [6.07, 6.45) is 5.48. The highest BCUT2D eigenvalue weighted by atomic mass is 16.2. The number of aryl methyl sites for hydroxylation is 1. The van der Waals surface area contributed by atoms with Crippen molar-refractivity contribution in [3.63, 3.8) is 0 Å². The van der Waals surface area contributed by atoms with Crippen LogP contribution >= 0.6 is 0 Å². The lowest BCUT2D eigenvalue weighted by Crippen LogP contribution is -2.29. The van der Waals surface area contributed by atoms with Crippen molar-refractivity contribution in [1.82, 2.24) is 10.2 Å². The highest BCUT2D eigenvalue weighted by Crippen LogP contribution is 2.35. The predicted octanol–water partition coefficient (Wildman–Crippen LogP) is 2.83. The monoisotopic (exact) mass is 302 g/mol. The summed E-state index contributed by atoms with van der Waals surface area (Å²) in [5.41, 5.74) is 2.69. The number of carbonyl (C=O) groups is 2. The Balaban J connectivity index is 1.73. The summed E-state index contributed by atoms with van der Waals surface area (Å²) in [4.78, 5) is 25.0. The van der Waals surface area contributed by atoms with E-state index >= 15 is 0 Å². The van der Waals surface area contributed by atoms with Crippen molar-refractivity contribution in [2.45, 2.75) is 51.5 Å². The summed E-state index contributed by atoms with van der Waals surface area (Å²) in [6, 6.07) is 8.67. The average molecular weight is 302 g/mol. The summed E-state index contributed by atoms with van der Waals surface area (Å²) >= 11 is 0. The number of benzene rings is 1. The molecule has 0 aliphatic heterocycles. The second-order valence-electron chi connectivity index (χ2n) is 6.05. The van der Waals surface area contributed by atoms with E-state index in [9.17, 15) is 9.59 Å². The molecule has 1 atom stereocenters. The molecule has 1 unspecified atom stereocenters. The van der Waals surface area contributed by atoms with Crippen molar-refractivity contribution < 1.29 is 9.59 Å². The number of unbranched alkanes of at least 4 members (excludes halogenated alkanes) is 2. The van der Waals surface area contributed by atoms with Crippen LogP contribution in [0.4, 0.5) is 0 Å². The Hall–Kier alpha value is -1.84. The van der Waals surface area contributed by atoms with Crippen LogP contribution in [0, 0.1) is 0 Å². The smallest absolute Gasteiger partial charge is 0.222 e. The van der Waals surface area contributed by atoms with Gasteiger partial charge in [0.25, 0.3) is 0 Å². The summed E-state index contributed by atoms with van der Waals surface area (Å²) < 4.78 is 0. The topological polar surface area (TPSA) is 49.4 Å². The largest absolute Gasteiger partial charge is 0.356 e. The van der Waals surface area contributed by atoms with Crippen molar-refractivity contribution in [3.05, 3.63) is 35.4 Å². The van der Waals surface area contributed by atoms with Gasteiger partial charge in [-0.25, -0.2) is 0 Å². The molecule has 1 aromatic rings. The minimum absolute atomic E-state index is 0.00992.